The van der Waals surface area contributed by atoms with E-state index in [1.165, 1.54) is 24.4 Å². The van der Waals surface area contributed by atoms with Gasteiger partial charge in [0.2, 0.25) is 5.78 Å². The summed E-state index contributed by atoms with van der Waals surface area (Å²) < 4.78 is 5.38. The van der Waals surface area contributed by atoms with E-state index < -0.39 is 5.78 Å². The van der Waals surface area contributed by atoms with Crippen LogP contribution in [0.4, 0.5) is 5.69 Å². The number of aromatic nitrogens is 3. The third kappa shape index (κ3) is 3.61. The quantitative estimate of drug-likeness (QED) is 0.285. The van der Waals surface area contributed by atoms with E-state index in [2.05, 4.69) is 15.2 Å². The Morgan fingerprint density at radius 2 is 2.13 bits per heavy atom. The number of nitrogens with zero attached hydrogens (tertiary/aromatic N) is 2. The lowest BCUT2D eigenvalue weighted by Gasteiger charge is -1.98. The number of nitrogen functional groups attached to an aromatic ring is 1. The highest BCUT2D eigenvalue weighted by molar-refractivity contribution is 7.99. The Bertz CT molecular complexity index is 838. The number of anilines is 1. The van der Waals surface area contributed by atoms with Crippen LogP contribution in [-0.2, 0) is 0 Å². The smallest absolute Gasteiger partial charge is 0.226 e. The molecule has 0 aliphatic heterocycles. The van der Waals surface area contributed by atoms with Gasteiger partial charge in [-0.2, -0.15) is 5.10 Å². The van der Waals surface area contributed by atoms with Crippen molar-refractivity contribution in [1.29, 1.82) is 0 Å². The minimum Gasteiger partial charge on any atom is -0.507 e. The van der Waals surface area contributed by atoms with Crippen molar-refractivity contribution in [2.45, 2.75) is 9.99 Å². The van der Waals surface area contributed by atoms with Gasteiger partial charge in [-0.25, -0.2) is 4.98 Å². The van der Waals surface area contributed by atoms with Crippen LogP contribution in [0.15, 0.2) is 63.4 Å². The number of aliphatic hydroxyl groups excluding tert-OH is 1. The Morgan fingerprint density at radius 1 is 1.35 bits per heavy atom. The van der Waals surface area contributed by atoms with Gasteiger partial charge in [0.15, 0.2) is 10.9 Å². The molecule has 4 N–H and O–H groups in total. The highest BCUT2D eigenvalue weighted by Gasteiger charge is 2.11. The Hall–Kier alpha value is -3.00. The zero-order chi connectivity index (χ0) is 16.2. The predicted molar refractivity (Wildman–Crippen MR) is 85.0 cm³/mol. The van der Waals surface area contributed by atoms with Gasteiger partial charge in [-0.05, 0) is 24.3 Å². The minimum absolute atomic E-state index is 0.0523. The molecule has 2 heterocycles. The molecule has 0 spiro atoms. The molecule has 0 bridgehead atoms. The average Bonchev–Trinajstić information content (AvgIpc) is 3.21. The van der Waals surface area contributed by atoms with Crippen molar-refractivity contribution in [1.82, 2.24) is 15.2 Å². The number of rotatable bonds is 5. The fourth-order valence-electron chi connectivity index (χ4n) is 1.76. The molecule has 116 valence electrons. The van der Waals surface area contributed by atoms with Crippen molar-refractivity contribution in [3.05, 3.63) is 60.4 Å². The van der Waals surface area contributed by atoms with Crippen molar-refractivity contribution >= 4 is 29.0 Å². The standard InChI is InChI=1S/C15H12N4O3S/c16-10-1-3-11(4-2-10)23-14-5-9(7-22-14)12(20)6-13(21)15-17-8-18-19-15/h1-8,20H,16H2,(H,17,18,19). The van der Waals surface area contributed by atoms with E-state index in [0.29, 0.717) is 16.3 Å². The average molecular weight is 328 g/mol. The monoisotopic (exact) mass is 328 g/mol. The fraction of sp³-hybridized carbons (Fsp3) is 0. The molecule has 1 aromatic carbocycles. The number of aliphatic hydroxyl groups is 1. The number of carbonyl (C=O) groups excluding carboxylic acids is 1. The molecule has 3 aromatic rings. The molecule has 0 radical (unpaired) electrons. The molecule has 3 rings (SSSR count). The molecule has 0 fully saturated rings. The lowest BCUT2D eigenvalue weighted by molar-refractivity contribution is 0.103. The van der Waals surface area contributed by atoms with Crippen molar-refractivity contribution in [2.24, 2.45) is 0 Å². The number of benzene rings is 1. The third-order valence-corrected chi connectivity index (χ3v) is 3.81. The van der Waals surface area contributed by atoms with Gasteiger partial charge in [-0.3, -0.25) is 9.89 Å². The lowest BCUT2D eigenvalue weighted by Crippen LogP contribution is -1.98. The normalized spacial score (nSPS) is 11.6. The first-order valence-electron chi connectivity index (χ1n) is 6.54. The highest BCUT2D eigenvalue weighted by Crippen LogP contribution is 2.31. The summed E-state index contributed by atoms with van der Waals surface area (Å²) in [6, 6.07) is 8.95. The first-order valence-corrected chi connectivity index (χ1v) is 7.36. The first kappa shape index (κ1) is 14.9. The van der Waals surface area contributed by atoms with Crippen LogP contribution >= 0.6 is 11.8 Å². The largest absolute Gasteiger partial charge is 0.507 e. The van der Waals surface area contributed by atoms with Crippen molar-refractivity contribution in [3.63, 3.8) is 0 Å². The SMILES string of the molecule is Nc1ccc(Sc2cc(C(O)=CC(=O)c3ncn[nH]3)co2)cc1. The first-order chi connectivity index (χ1) is 11.1. The summed E-state index contributed by atoms with van der Waals surface area (Å²) in [5.74, 6) is -0.634. The molecule has 7 nitrogen and oxygen atoms in total. The molecule has 0 aliphatic rings. The zero-order valence-corrected chi connectivity index (χ0v) is 12.6. The summed E-state index contributed by atoms with van der Waals surface area (Å²) in [7, 11) is 0. The van der Waals surface area contributed by atoms with Gasteiger partial charge in [-0.15, -0.1) is 0 Å². The molecule has 0 saturated heterocycles. The molecule has 0 aliphatic carbocycles. The molecule has 0 unspecified atom stereocenters. The topological polar surface area (TPSA) is 118 Å². The van der Waals surface area contributed by atoms with Crippen LogP contribution in [0.2, 0.25) is 0 Å². The van der Waals surface area contributed by atoms with Gasteiger partial charge in [0.1, 0.15) is 18.3 Å². The van der Waals surface area contributed by atoms with E-state index in [-0.39, 0.29) is 11.6 Å². The number of carbonyl (C=O) groups is 1. The van der Waals surface area contributed by atoms with Crippen molar-refractivity contribution in [3.8, 4) is 0 Å². The Kier molecular flexibility index (Phi) is 4.15. The molecule has 23 heavy (non-hydrogen) atoms. The third-order valence-electron chi connectivity index (χ3n) is 2.89. The summed E-state index contributed by atoms with van der Waals surface area (Å²) >= 11 is 1.38. The molecular formula is C15H12N4O3S. The second-order valence-electron chi connectivity index (χ2n) is 4.55. The second-order valence-corrected chi connectivity index (χ2v) is 5.63. The lowest BCUT2D eigenvalue weighted by atomic mass is 10.2. The van der Waals surface area contributed by atoms with Crippen LogP contribution in [0.3, 0.4) is 0 Å². The highest BCUT2D eigenvalue weighted by atomic mass is 32.2. The van der Waals surface area contributed by atoms with Crippen LogP contribution < -0.4 is 5.73 Å². The number of nitrogens with one attached hydrogen (secondary N) is 1. The fourth-order valence-corrected chi connectivity index (χ4v) is 2.54. The predicted octanol–water partition coefficient (Wildman–Crippen LogP) is 2.91. The number of ketones is 1. The van der Waals surface area contributed by atoms with Crippen LogP contribution in [0.5, 0.6) is 0 Å². The summed E-state index contributed by atoms with van der Waals surface area (Å²) in [5.41, 5.74) is 6.71. The van der Waals surface area contributed by atoms with Crippen molar-refractivity contribution in [2.75, 3.05) is 5.73 Å². The molecule has 0 atom stereocenters. The maximum atomic E-state index is 11.8. The number of hydrogen-bond acceptors (Lipinski definition) is 7. The van der Waals surface area contributed by atoms with E-state index in [1.54, 1.807) is 18.2 Å². The molecule has 8 heteroatoms. The van der Waals surface area contributed by atoms with E-state index in [9.17, 15) is 9.90 Å². The maximum Gasteiger partial charge on any atom is 0.226 e. The molecule has 0 amide bonds. The van der Waals surface area contributed by atoms with Crippen LogP contribution in [0.25, 0.3) is 5.76 Å². The molecule has 0 saturated carbocycles. The number of aromatic amines is 1. The van der Waals surface area contributed by atoms with Gasteiger partial charge >= 0.3 is 0 Å². The summed E-state index contributed by atoms with van der Waals surface area (Å²) in [4.78, 5) is 16.5. The van der Waals surface area contributed by atoms with Crippen LogP contribution in [0, 0.1) is 0 Å². The van der Waals surface area contributed by atoms with E-state index in [1.807, 2.05) is 12.1 Å². The second kappa shape index (κ2) is 6.41. The number of hydrogen-bond donors (Lipinski definition) is 3. The summed E-state index contributed by atoms with van der Waals surface area (Å²) in [6.07, 6.45) is 3.65. The maximum absolute atomic E-state index is 11.8. The van der Waals surface area contributed by atoms with E-state index in [0.717, 1.165) is 11.0 Å². The zero-order valence-electron chi connectivity index (χ0n) is 11.8. The van der Waals surface area contributed by atoms with Gasteiger partial charge in [0, 0.05) is 22.7 Å². The van der Waals surface area contributed by atoms with E-state index >= 15 is 0 Å². The molecular weight excluding hydrogens is 316 g/mol. The number of furan rings is 1. The number of H-pyrrole nitrogens is 1. The minimum atomic E-state index is -0.478. The van der Waals surface area contributed by atoms with Gasteiger partial charge in [-0.1, -0.05) is 11.8 Å². The van der Waals surface area contributed by atoms with Gasteiger partial charge in [0.05, 0.1) is 5.56 Å². The van der Waals surface area contributed by atoms with Gasteiger partial charge < -0.3 is 15.3 Å². The van der Waals surface area contributed by atoms with Crippen LogP contribution in [-0.4, -0.2) is 26.1 Å². The summed E-state index contributed by atoms with van der Waals surface area (Å²) in [6.45, 7) is 0. The summed E-state index contributed by atoms with van der Waals surface area (Å²) in [5, 5.41) is 16.6. The number of nitrogens with two attached hydrogens (primary N) is 1. The molecule has 2 aromatic heterocycles. The number of allylic oxidation sites excluding steroid dienone is 1. The Balaban J connectivity index is 1.73. The van der Waals surface area contributed by atoms with Crippen LogP contribution in [0.1, 0.15) is 16.2 Å². The van der Waals surface area contributed by atoms with E-state index in [4.69, 9.17) is 10.2 Å². The Labute approximate surface area is 135 Å². The van der Waals surface area contributed by atoms with Crippen molar-refractivity contribution < 1.29 is 14.3 Å². The Morgan fingerprint density at radius 3 is 2.83 bits per heavy atom. The van der Waals surface area contributed by atoms with Gasteiger partial charge in [0.25, 0.3) is 0 Å².